The minimum absolute atomic E-state index is 0.110. The first kappa shape index (κ1) is 12.5. The molecule has 1 saturated carbocycles. The first-order valence-electron chi connectivity index (χ1n) is 6.97. The van der Waals surface area contributed by atoms with E-state index < -0.39 is 0 Å². The van der Waals surface area contributed by atoms with Crippen molar-refractivity contribution in [2.75, 3.05) is 0 Å². The fourth-order valence-electron chi connectivity index (χ4n) is 2.89. The molecule has 19 heavy (non-hydrogen) atoms. The third-order valence-corrected chi connectivity index (χ3v) is 4.71. The van der Waals surface area contributed by atoms with E-state index in [1.165, 1.54) is 5.39 Å². The smallest absolute Gasteiger partial charge is 0.127 e. The number of hydrogen-bond acceptors (Lipinski definition) is 2. The summed E-state index contributed by atoms with van der Waals surface area (Å²) in [6.45, 7) is 4.22. The van der Waals surface area contributed by atoms with E-state index in [2.05, 4.69) is 32.0 Å². The van der Waals surface area contributed by atoms with Gasteiger partial charge in [-0.3, -0.25) is 0 Å². The lowest BCUT2D eigenvalue weighted by atomic mass is 9.63. The van der Waals surface area contributed by atoms with Crippen LogP contribution in [-0.2, 0) is 0 Å². The average molecular weight is 256 g/mol. The van der Waals surface area contributed by atoms with Gasteiger partial charge >= 0.3 is 0 Å². The van der Waals surface area contributed by atoms with Gasteiger partial charge < -0.3 is 9.84 Å². The molecule has 2 heteroatoms. The SMILES string of the molecule is CCC1(C)C(O)CC1Oc1cccc2ccccc12. The van der Waals surface area contributed by atoms with Crippen LogP contribution in [-0.4, -0.2) is 17.3 Å². The highest BCUT2D eigenvalue weighted by molar-refractivity contribution is 5.88. The van der Waals surface area contributed by atoms with Crippen molar-refractivity contribution >= 4 is 10.8 Å². The van der Waals surface area contributed by atoms with Crippen molar-refractivity contribution in [3.8, 4) is 5.75 Å². The zero-order valence-electron chi connectivity index (χ0n) is 11.5. The maximum absolute atomic E-state index is 9.95. The molecule has 2 aromatic carbocycles. The monoisotopic (exact) mass is 256 g/mol. The first-order chi connectivity index (χ1) is 9.15. The third-order valence-electron chi connectivity index (χ3n) is 4.71. The second-order valence-corrected chi connectivity index (χ2v) is 5.69. The molecule has 3 atom stereocenters. The molecule has 2 nitrogen and oxygen atoms in total. The van der Waals surface area contributed by atoms with E-state index >= 15 is 0 Å². The summed E-state index contributed by atoms with van der Waals surface area (Å²) in [6.07, 6.45) is 1.53. The lowest BCUT2D eigenvalue weighted by Crippen LogP contribution is -2.57. The van der Waals surface area contributed by atoms with E-state index in [0.717, 1.165) is 24.0 Å². The fraction of sp³-hybridized carbons (Fsp3) is 0.412. The Balaban J connectivity index is 1.91. The summed E-state index contributed by atoms with van der Waals surface area (Å²) in [5.41, 5.74) is -0.114. The van der Waals surface area contributed by atoms with Crippen molar-refractivity contribution in [3.63, 3.8) is 0 Å². The molecule has 0 saturated heterocycles. The summed E-state index contributed by atoms with van der Waals surface area (Å²) in [6, 6.07) is 14.4. The van der Waals surface area contributed by atoms with Gasteiger partial charge in [0, 0.05) is 17.2 Å². The van der Waals surface area contributed by atoms with Crippen LogP contribution < -0.4 is 4.74 Å². The van der Waals surface area contributed by atoms with Crippen LogP contribution in [0.1, 0.15) is 26.7 Å². The molecular weight excluding hydrogens is 236 g/mol. The largest absolute Gasteiger partial charge is 0.489 e. The number of hydrogen-bond donors (Lipinski definition) is 1. The van der Waals surface area contributed by atoms with Gasteiger partial charge in [0.1, 0.15) is 11.9 Å². The van der Waals surface area contributed by atoms with Crippen molar-refractivity contribution in [1.29, 1.82) is 0 Å². The quantitative estimate of drug-likeness (QED) is 0.905. The Morgan fingerprint density at radius 1 is 1.21 bits per heavy atom. The van der Waals surface area contributed by atoms with Crippen LogP contribution in [0.2, 0.25) is 0 Å². The molecule has 1 aliphatic rings. The molecule has 1 aliphatic carbocycles. The van der Waals surface area contributed by atoms with E-state index in [1.807, 2.05) is 24.3 Å². The Morgan fingerprint density at radius 2 is 1.95 bits per heavy atom. The minimum Gasteiger partial charge on any atom is -0.489 e. The molecule has 1 N–H and O–H groups in total. The number of ether oxygens (including phenoxy) is 1. The molecule has 100 valence electrons. The van der Waals surface area contributed by atoms with E-state index in [0.29, 0.717) is 0 Å². The number of benzene rings is 2. The van der Waals surface area contributed by atoms with Crippen molar-refractivity contribution in [2.24, 2.45) is 5.41 Å². The summed E-state index contributed by atoms with van der Waals surface area (Å²) in [5.74, 6) is 0.926. The highest BCUT2D eigenvalue weighted by Gasteiger charge is 2.51. The van der Waals surface area contributed by atoms with Crippen LogP contribution in [0.3, 0.4) is 0 Å². The molecule has 0 radical (unpaired) electrons. The molecule has 3 unspecified atom stereocenters. The van der Waals surface area contributed by atoms with Gasteiger partial charge in [0.25, 0.3) is 0 Å². The topological polar surface area (TPSA) is 29.5 Å². The van der Waals surface area contributed by atoms with E-state index in [-0.39, 0.29) is 17.6 Å². The zero-order valence-corrected chi connectivity index (χ0v) is 11.5. The molecule has 0 spiro atoms. The van der Waals surface area contributed by atoms with Gasteiger partial charge in [-0.25, -0.2) is 0 Å². The van der Waals surface area contributed by atoms with Crippen LogP contribution in [0.15, 0.2) is 42.5 Å². The predicted molar refractivity (Wildman–Crippen MR) is 77.4 cm³/mol. The molecule has 3 rings (SSSR count). The normalized spacial score (nSPS) is 30.1. The van der Waals surface area contributed by atoms with Crippen molar-refractivity contribution in [3.05, 3.63) is 42.5 Å². The molecule has 0 heterocycles. The van der Waals surface area contributed by atoms with Gasteiger partial charge in [-0.15, -0.1) is 0 Å². The summed E-state index contributed by atoms with van der Waals surface area (Å²) in [4.78, 5) is 0. The highest BCUT2D eigenvalue weighted by Crippen LogP contribution is 2.46. The van der Waals surface area contributed by atoms with Gasteiger partial charge in [-0.2, -0.15) is 0 Å². The summed E-state index contributed by atoms with van der Waals surface area (Å²) in [7, 11) is 0. The molecule has 0 amide bonds. The molecule has 0 aromatic heterocycles. The lowest BCUT2D eigenvalue weighted by molar-refractivity contribution is -0.146. The van der Waals surface area contributed by atoms with Crippen LogP contribution in [0.4, 0.5) is 0 Å². The van der Waals surface area contributed by atoms with Crippen LogP contribution in [0.5, 0.6) is 5.75 Å². The fourth-order valence-corrected chi connectivity index (χ4v) is 2.89. The Kier molecular flexibility index (Phi) is 2.98. The van der Waals surface area contributed by atoms with Crippen LogP contribution in [0.25, 0.3) is 10.8 Å². The van der Waals surface area contributed by atoms with Gasteiger partial charge in [0.15, 0.2) is 0 Å². The van der Waals surface area contributed by atoms with Gasteiger partial charge in [0.05, 0.1) is 6.10 Å². The highest BCUT2D eigenvalue weighted by atomic mass is 16.5. The van der Waals surface area contributed by atoms with E-state index in [1.54, 1.807) is 0 Å². The predicted octanol–water partition coefficient (Wildman–Crippen LogP) is 3.77. The number of rotatable bonds is 3. The number of aliphatic hydroxyl groups is 1. The molecule has 0 bridgehead atoms. The van der Waals surface area contributed by atoms with Crippen LogP contribution in [0, 0.1) is 5.41 Å². The Labute approximate surface area is 114 Å². The third kappa shape index (κ3) is 1.91. The number of aliphatic hydroxyl groups excluding tert-OH is 1. The van der Waals surface area contributed by atoms with E-state index in [9.17, 15) is 5.11 Å². The van der Waals surface area contributed by atoms with Crippen molar-refractivity contribution in [1.82, 2.24) is 0 Å². The Morgan fingerprint density at radius 3 is 2.68 bits per heavy atom. The second kappa shape index (κ2) is 4.53. The number of fused-ring (bicyclic) bond motifs is 1. The summed E-state index contributed by atoms with van der Waals surface area (Å²) >= 11 is 0. The standard InChI is InChI=1S/C17H20O2/c1-3-17(2)15(18)11-16(17)19-14-10-6-8-12-7-4-5-9-13(12)14/h4-10,15-16,18H,3,11H2,1-2H3. The molecular formula is C17H20O2. The zero-order chi connectivity index (χ0) is 13.5. The molecule has 0 aliphatic heterocycles. The van der Waals surface area contributed by atoms with Gasteiger partial charge in [-0.1, -0.05) is 50.2 Å². The lowest BCUT2D eigenvalue weighted by Gasteiger charge is -2.50. The molecule has 1 fully saturated rings. The maximum atomic E-state index is 9.95. The van der Waals surface area contributed by atoms with Crippen molar-refractivity contribution in [2.45, 2.75) is 38.9 Å². The molecule has 2 aromatic rings. The van der Waals surface area contributed by atoms with E-state index in [4.69, 9.17) is 4.74 Å². The Bertz CT molecular complexity index is 587. The van der Waals surface area contributed by atoms with Gasteiger partial charge in [-0.05, 0) is 17.9 Å². The van der Waals surface area contributed by atoms with Gasteiger partial charge in [0.2, 0.25) is 0 Å². The van der Waals surface area contributed by atoms with Crippen molar-refractivity contribution < 1.29 is 9.84 Å². The Hall–Kier alpha value is -1.54. The minimum atomic E-state index is -0.238. The second-order valence-electron chi connectivity index (χ2n) is 5.69. The summed E-state index contributed by atoms with van der Waals surface area (Å²) < 4.78 is 6.18. The first-order valence-corrected chi connectivity index (χ1v) is 6.97. The van der Waals surface area contributed by atoms with Crippen LogP contribution >= 0.6 is 0 Å². The maximum Gasteiger partial charge on any atom is 0.127 e. The summed E-state index contributed by atoms with van der Waals surface area (Å²) in [5, 5.41) is 12.3. The average Bonchev–Trinajstić information content (AvgIpc) is 2.46.